The third kappa shape index (κ3) is 6.41. The van der Waals surface area contributed by atoms with Gasteiger partial charge in [0.2, 0.25) is 0 Å². The second-order valence-electron chi connectivity index (χ2n) is 7.92. The van der Waals surface area contributed by atoms with E-state index in [-0.39, 0.29) is 5.75 Å². The Morgan fingerprint density at radius 3 is 1.97 bits per heavy atom. The summed E-state index contributed by atoms with van der Waals surface area (Å²) >= 11 is 0. The monoisotopic (exact) mass is 417 g/mol. The zero-order chi connectivity index (χ0) is 21.8. The van der Waals surface area contributed by atoms with Crippen molar-refractivity contribution in [3.63, 3.8) is 0 Å². The van der Waals surface area contributed by atoms with Crippen molar-refractivity contribution in [3.05, 3.63) is 58.9 Å². The topological polar surface area (TPSA) is 61.5 Å². The molecular weight excluding hydrogens is 384 g/mol. The Balaban J connectivity index is 2.16. The van der Waals surface area contributed by atoms with E-state index in [1.165, 1.54) is 39.1 Å². The van der Waals surface area contributed by atoms with E-state index in [9.17, 15) is 8.42 Å². The third-order valence-electron chi connectivity index (χ3n) is 5.33. The quantitative estimate of drug-likeness (QED) is 0.396. The summed E-state index contributed by atoms with van der Waals surface area (Å²) in [7, 11) is 0.284. The number of anilines is 1. The molecule has 1 aromatic carbocycles. The van der Waals surface area contributed by atoms with E-state index < -0.39 is 10.1 Å². The van der Waals surface area contributed by atoms with Gasteiger partial charge < -0.3 is 4.90 Å². The number of benzene rings is 1. The number of hydrogen-bond acceptors (Lipinski definition) is 3. The molecule has 0 atom stereocenters. The Kier molecular flexibility index (Phi) is 7.60. The number of aromatic nitrogens is 1. The maximum absolute atomic E-state index is 10.8. The SMILES string of the molecule is C/C(=C(/C)c1cc(C)c(N(C)C)c(C)c1)c1cc[n+](CCCCS(=O)(=O)O)cc1. The van der Waals surface area contributed by atoms with Gasteiger partial charge >= 0.3 is 0 Å². The summed E-state index contributed by atoms with van der Waals surface area (Å²) in [6.45, 7) is 9.34. The van der Waals surface area contributed by atoms with Gasteiger partial charge in [0, 0.05) is 38.3 Å². The van der Waals surface area contributed by atoms with Gasteiger partial charge in [-0.1, -0.05) is 0 Å². The van der Waals surface area contributed by atoms with Gasteiger partial charge in [-0.2, -0.15) is 8.42 Å². The van der Waals surface area contributed by atoms with Gasteiger partial charge in [-0.05, 0) is 79.6 Å². The van der Waals surface area contributed by atoms with E-state index in [1.54, 1.807) is 0 Å². The molecular formula is C23H33N2O3S+. The van der Waals surface area contributed by atoms with E-state index in [4.69, 9.17) is 4.55 Å². The predicted octanol–water partition coefficient (Wildman–Crippen LogP) is 4.28. The van der Waals surface area contributed by atoms with Crippen LogP contribution in [0.1, 0.15) is 48.9 Å². The maximum Gasteiger partial charge on any atom is 0.264 e. The van der Waals surface area contributed by atoms with Crippen LogP contribution in [0, 0.1) is 13.8 Å². The van der Waals surface area contributed by atoms with Gasteiger partial charge in [0.25, 0.3) is 10.1 Å². The van der Waals surface area contributed by atoms with Gasteiger partial charge in [-0.15, -0.1) is 0 Å². The zero-order valence-corrected chi connectivity index (χ0v) is 19.2. The van der Waals surface area contributed by atoms with Crippen molar-refractivity contribution in [2.45, 2.75) is 47.1 Å². The molecule has 158 valence electrons. The molecule has 2 aromatic rings. The number of hydrogen-bond donors (Lipinski definition) is 1. The highest BCUT2D eigenvalue weighted by Crippen LogP contribution is 2.31. The van der Waals surface area contributed by atoms with Crippen LogP contribution in [-0.2, 0) is 16.7 Å². The molecule has 1 heterocycles. The number of allylic oxidation sites excluding steroid dienone is 2. The first kappa shape index (κ1) is 23.1. The summed E-state index contributed by atoms with van der Waals surface area (Å²) in [5, 5.41) is 0. The Labute approximate surface area is 175 Å². The average molecular weight is 418 g/mol. The lowest BCUT2D eigenvalue weighted by Crippen LogP contribution is -2.32. The van der Waals surface area contributed by atoms with E-state index in [1.807, 2.05) is 17.0 Å². The lowest BCUT2D eigenvalue weighted by Gasteiger charge is -2.20. The molecule has 2 rings (SSSR count). The molecule has 0 amide bonds. The Hall–Kier alpha value is -2.18. The minimum absolute atomic E-state index is 0.182. The van der Waals surface area contributed by atoms with Crippen molar-refractivity contribution in [2.24, 2.45) is 0 Å². The summed E-state index contributed by atoms with van der Waals surface area (Å²) in [4.78, 5) is 2.16. The van der Waals surface area contributed by atoms with Crippen molar-refractivity contribution in [2.75, 3.05) is 24.7 Å². The normalized spacial score (nSPS) is 12.7. The number of aryl methyl sites for hydroxylation is 3. The average Bonchev–Trinajstić information content (AvgIpc) is 2.63. The molecule has 0 fully saturated rings. The predicted molar refractivity (Wildman–Crippen MR) is 121 cm³/mol. The molecule has 0 aliphatic carbocycles. The van der Waals surface area contributed by atoms with Crippen LogP contribution in [-0.4, -0.2) is 32.8 Å². The van der Waals surface area contributed by atoms with Crippen LogP contribution in [0.5, 0.6) is 0 Å². The first-order valence-electron chi connectivity index (χ1n) is 9.90. The molecule has 29 heavy (non-hydrogen) atoms. The summed E-state index contributed by atoms with van der Waals surface area (Å²) in [5.41, 5.74) is 8.72. The Bertz CT molecular complexity index is 968. The summed E-state index contributed by atoms with van der Waals surface area (Å²) in [6.07, 6.45) is 5.19. The van der Waals surface area contributed by atoms with Crippen molar-refractivity contribution in [1.82, 2.24) is 0 Å². The highest BCUT2D eigenvalue weighted by atomic mass is 32.2. The van der Waals surface area contributed by atoms with Crippen LogP contribution >= 0.6 is 0 Å². The number of rotatable bonds is 8. The number of unbranched alkanes of at least 4 members (excludes halogenated alkanes) is 1. The molecule has 0 aliphatic heterocycles. The molecule has 6 heteroatoms. The van der Waals surface area contributed by atoms with Crippen LogP contribution in [0.25, 0.3) is 11.1 Å². The third-order valence-corrected chi connectivity index (χ3v) is 6.13. The summed E-state index contributed by atoms with van der Waals surface area (Å²) in [6, 6.07) is 8.68. The van der Waals surface area contributed by atoms with Crippen LogP contribution < -0.4 is 9.47 Å². The molecule has 5 nitrogen and oxygen atoms in total. The first-order valence-corrected chi connectivity index (χ1v) is 11.5. The number of nitrogens with zero attached hydrogens (tertiary/aromatic N) is 2. The molecule has 0 saturated heterocycles. The van der Waals surface area contributed by atoms with Crippen LogP contribution in [0.4, 0.5) is 5.69 Å². The standard InChI is InChI=1S/C23H32N2O3S/c1-17-15-22(16-18(2)23(17)24(5)6)20(4)19(3)21-9-12-25(13-10-21)11-7-8-14-29(26,27)28/h9-10,12-13,15-16H,7-8,11,14H2,1-6H3/p+1. The van der Waals surface area contributed by atoms with Crippen LogP contribution in [0.15, 0.2) is 36.7 Å². The molecule has 0 radical (unpaired) electrons. The van der Waals surface area contributed by atoms with E-state index in [0.717, 1.165) is 6.54 Å². The second kappa shape index (κ2) is 9.55. The minimum atomic E-state index is -3.86. The van der Waals surface area contributed by atoms with Gasteiger partial charge in [0.15, 0.2) is 12.4 Å². The lowest BCUT2D eigenvalue weighted by molar-refractivity contribution is -0.697. The molecule has 0 bridgehead atoms. The fourth-order valence-electron chi connectivity index (χ4n) is 3.75. The zero-order valence-electron chi connectivity index (χ0n) is 18.4. The largest absolute Gasteiger partial charge is 0.377 e. The van der Waals surface area contributed by atoms with Gasteiger partial charge in [-0.3, -0.25) is 4.55 Å². The summed E-state index contributed by atoms with van der Waals surface area (Å²) < 4.78 is 32.4. The molecule has 1 aromatic heterocycles. The minimum Gasteiger partial charge on any atom is -0.377 e. The maximum atomic E-state index is 10.8. The van der Waals surface area contributed by atoms with Crippen LogP contribution in [0.3, 0.4) is 0 Å². The van der Waals surface area contributed by atoms with Gasteiger partial charge in [0.05, 0.1) is 5.75 Å². The van der Waals surface area contributed by atoms with Crippen molar-refractivity contribution < 1.29 is 17.5 Å². The highest BCUT2D eigenvalue weighted by molar-refractivity contribution is 7.85. The highest BCUT2D eigenvalue weighted by Gasteiger charge is 2.11. The molecule has 0 unspecified atom stereocenters. The van der Waals surface area contributed by atoms with Gasteiger partial charge in [0.1, 0.15) is 6.54 Å². The van der Waals surface area contributed by atoms with Crippen molar-refractivity contribution >= 4 is 27.0 Å². The van der Waals surface area contributed by atoms with E-state index in [2.05, 4.69) is 71.0 Å². The molecule has 1 N–H and O–H groups in total. The van der Waals surface area contributed by atoms with E-state index >= 15 is 0 Å². The Morgan fingerprint density at radius 1 is 0.966 bits per heavy atom. The Morgan fingerprint density at radius 2 is 1.48 bits per heavy atom. The number of pyridine rings is 1. The fraction of sp³-hybridized carbons (Fsp3) is 0.435. The lowest BCUT2D eigenvalue weighted by atomic mass is 9.94. The molecule has 0 aliphatic rings. The van der Waals surface area contributed by atoms with Gasteiger partial charge in [-0.25, -0.2) is 4.57 Å². The molecule has 0 spiro atoms. The van der Waals surface area contributed by atoms with Crippen LogP contribution in [0.2, 0.25) is 0 Å². The van der Waals surface area contributed by atoms with Crippen molar-refractivity contribution in [3.8, 4) is 0 Å². The van der Waals surface area contributed by atoms with E-state index in [0.29, 0.717) is 12.8 Å². The van der Waals surface area contributed by atoms with Crippen molar-refractivity contribution in [1.29, 1.82) is 0 Å². The smallest absolute Gasteiger partial charge is 0.264 e. The fourth-order valence-corrected chi connectivity index (χ4v) is 4.31. The summed E-state index contributed by atoms with van der Waals surface area (Å²) in [5.74, 6) is -0.182. The second-order valence-corrected chi connectivity index (χ2v) is 9.49. The first-order chi connectivity index (χ1) is 13.5. The molecule has 0 saturated carbocycles.